The number of ether oxygens (including phenoxy) is 1. The SMILES string of the molecule is CCC(C)[C@@H]1NCCOc2ncccc2CCCNC(=O)[C@H](Cc2cccc(C)c2)NC(=O)C2(CCCC2)NC1=O. The fraction of sp³-hybridized carbons (Fsp3) is 0.562. The Hall–Kier alpha value is -3.46. The second-order valence-corrected chi connectivity index (χ2v) is 11.5. The molecule has 4 N–H and O–H groups in total. The minimum Gasteiger partial charge on any atom is -0.476 e. The first kappa shape index (κ1) is 30.5. The van der Waals surface area contributed by atoms with Crippen LogP contribution in [0, 0.1) is 12.8 Å². The Morgan fingerprint density at radius 2 is 1.85 bits per heavy atom. The Labute approximate surface area is 243 Å². The fourth-order valence-electron chi connectivity index (χ4n) is 5.79. The number of benzene rings is 1. The largest absolute Gasteiger partial charge is 0.476 e. The van der Waals surface area contributed by atoms with E-state index in [0.717, 1.165) is 36.0 Å². The van der Waals surface area contributed by atoms with Crippen LogP contribution in [0.2, 0.25) is 0 Å². The first-order chi connectivity index (χ1) is 19.8. The summed E-state index contributed by atoms with van der Waals surface area (Å²) in [5.74, 6) is -0.102. The molecule has 1 saturated carbocycles. The molecule has 4 rings (SSSR count). The third-order valence-corrected chi connectivity index (χ3v) is 8.37. The van der Waals surface area contributed by atoms with Gasteiger partial charge in [-0.2, -0.15) is 0 Å². The van der Waals surface area contributed by atoms with Crippen molar-refractivity contribution in [1.29, 1.82) is 0 Å². The molecule has 1 aromatic heterocycles. The number of hydrogen-bond donors (Lipinski definition) is 4. The number of aromatic nitrogens is 1. The van der Waals surface area contributed by atoms with Crippen molar-refractivity contribution >= 4 is 17.7 Å². The van der Waals surface area contributed by atoms with Crippen LogP contribution in [0.1, 0.15) is 69.1 Å². The summed E-state index contributed by atoms with van der Waals surface area (Å²) in [5.41, 5.74) is 1.98. The predicted molar refractivity (Wildman–Crippen MR) is 158 cm³/mol. The summed E-state index contributed by atoms with van der Waals surface area (Å²) >= 11 is 0. The van der Waals surface area contributed by atoms with Gasteiger partial charge in [0.25, 0.3) is 0 Å². The molecule has 1 aromatic carbocycles. The monoisotopic (exact) mass is 563 g/mol. The smallest absolute Gasteiger partial charge is 0.246 e. The zero-order valence-corrected chi connectivity index (χ0v) is 24.6. The molecule has 2 aliphatic rings. The normalized spacial score (nSPS) is 23.2. The van der Waals surface area contributed by atoms with Crippen LogP contribution in [0.15, 0.2) is 42.6 Å². The third kappa shape index (κ3) is 8.06. The van der Waals surface area contributed by atoms with Gasteiger partial charge in [-0.3, -0.25) is 14.4 Å². The third-order valence-electron chi connectivity index (χ3n) is 8.37. The highest BCUT2D eigenvalue weighted by Crippen LogP contribution is 2.31. The highest BCUT2D eigenvalue weighted by Gasteiger charge is 2.45. The Morgan fingerprint density at radius 3 is 2.61 bits per heavy atom. The number of amides is 3. The number of pyridine rings is 1. The molecule has 3 atom stereocenters. The van der Waals surface area contributed by atoms with Gasteiger partial charge in [-0.05, 0) is 50.2 Å². The van der Waals surface area contributed by atoms with E-state index in [0.29, 0.717) is 57.7 Å². The summed E-state index contributed by atoms with van der Waals surface area (Å²) in [6, 6.07) is 10.6. The number of fused-ring (bicyclic) bond motifs is 1. The summed E-state index contributed by atoms with van der Waals surface area (Å²) in [5, 5.41) is 12.6. The fourth-order valence-corrected chi connectivity index (χ4v) is 5.79. The molecule has 0 radical (unpaired) electrons. The maximum Gasteiger partial charge on any atom is 0.246 e. The zero-order chi connectivity index (χ0) is 29.2. The van der Waals surface area contributed by atoms with Crippen molar-refractivity contribution < 1.29 is 19.1 Å². The van der Waals surface area contributed by atoms with E-state index in [2.05, 4.69) is 26.3 Å². The second-order valence-electron chi connectivity index (χ2n) is 11.5. The number of aryl methyl sites for hydroxylation is 2. The van der Waals surface area contributed by atoms with E-state index in [1.165, 1.54) is 0 Å². The quantitative estimate of drug-likeness (QED) is 0.454. The summed E-state index contributed by atoms with van der Waals surface area (Å²) in [4.78, 5) is 45.5. The number of hydrogen-bond acceptors (Lipinski definition) is 6. The molecule has 1 spiro atoms. The van der Waals surface area contributed by atoms with Crippen molar-refractivity contribution in [2.75, 3.05) is 19.7 Å². The molecule has 2 heterocycles. The minimum atomic E-state index is -1.04. The van der Waals surface area contributed by atoms with Crippen molar-refractivity contribution in [3.63, 3.8) is 0 Å². The number of carbonyl (C=O) groups is 3. The van der Waals surface area contributed by atoms with Crippen LogP contribution < -0.4 is 26.0 Å². The van der Waals surface area contributed by atoms with Crippen LogP contribution in [-0.4, -0.2) is 60.0 Å². The molecule has 1 unspecified atom stereocenters. The van der Waals surface area contributed by atoms with Gasteiger partial charge in [0, 0.05) is 31.3 Å². The van der Waals surface area contributed by atoms with E-state index in [1.54, 1.807) is 6.20 Å². The first-order valence-electron chi connectivity index (χ1n) is 15.1. The maximum absolute atomic E-state index is 13.9. The Bertz CT molecular complexity index is 1200. The lowest BCUT2D eigenvalue weighted by Gasteiger charge is -2.34. The molecular weight excluding hydrogens is 518 g/mol. The van der Waals surface area contributed by atoms with E-state index in [4.69, 9.17) is 4.74 Å². The highest BCUT2D eigenvalue weighted by atomic mass is 16.5. The lowest BCUT2D eigenvalue weighted by Crippen LogP contribution is -2.64. The average molecular weight is 564 g/mol. The molecule has 0 saturated heterocycles. The summed E-state index contributed by atoms with van der Waals surface area (Å²) in [6.07, 6.45) is 7.02. The van der Waals surface area contributed by atoms with Crippen LogP contribution in [0.25, 0.3) is 0 Å². The number of rotatable bonds is 4. The van der Waals surface area contributed by atoms with Crippen LogP contribution in [-0.2, 0) is 27.2 Å². The van der Waals surface area contributed by atoms with Gasteiger partial charge >= 0.3 is 0 Å². The van der Waals surface area contributed by atoms with Crippen LogP contribution >= 0.6 is 0 Å². The summed E-state index contributed by atoms with van der Waals surface area (Å²) < 4.78 is 6.00. The second kappa shape index (κ2) is 14.4. The van der Waals surface area contributed by atoms with Crippen molar-refractivity contribution in [1.82, 2.24) is 26.3 Å². The lowest BCUT2D eigenvalue weighted by molar-refractivity contribution is -0.137. The number of nitrogens with one attached hydrogen (secondary N) is 4. The van der Waals surface area contributed by atoms with Gasteiger partial charge in [0.1, 0.15) is 18.2 Å². The molecule has 9 heteroatoms. The van der Waals surface area contributed by atoms with Gasteiger partial charge < -0.3 is 26.0 Å². The van der Waals surface area contributed by atoms with E-state index in [1.807, 2.05) is 57.2 Å². The minimum absolute atomic E-state index is 0.0485. The Morgan fingerprint density at radius 1 is 1.05 bits per heavy atom. The van der Waals surface area contributed by atoms with Crippen molar-refractivity contribution in [3.8, 4) is 5.88 Å². The number of carbonyl (C=O) groups excluding carboxylic acids is 3. The Kier molecular flexibility index (Phi) is 10.7. The van der Waals surface area contributed by atoms with Crippen molar-refractivity contribution in [2.24, 2.45) is 5.92 Å². The average Bonchev–Trinajstić information content (AvgIpc) is 3.44. The maximum atomic E-state index is 13.9. The zero-order valence-electron chi connectivity index (χ0n) is 24.6. The van der Waals surface area contributed by atoms with Gasteiger partial charge in [-0.25, -0.2) is 4.98 Å². The van der Waals surface area contributed by atoms with Gasteiger partial charge in [0.05, 0.1) is 6.04 Å². The molecule has 3 amide bonds. The molecule has 1 aliphatic carbocycles. The summed E-state index contributed by atoms with van der Waals surface area (Å²) in [6.45, 7) is 7.36. The predicted octanol–water partition coefficient (Wildman–Crippen LogP) is 2.99. The van der Waals surface area contributed by atoms with Gasteiger partial charge in [-0.15, -0.1) is 0 Å². The Balaban J connectivity index is 1.61. The van der Waals surface area contributed by atoms with E-state index in [9.17, 15) is 14.4 Å². The molecule has 222 valence electrons. The molecular formula is C32H45N5O4. The molecule has 9 nitrogen and oxygen atoms in total. The molecule has 1 aliphatic heterocycles. The van der Waals surface area contributed by atoms with E-state index in [-0.39, 0.29) is 23.6 Å². The molecule has 1 fully saturated rings. The highest BCUT2D eigenvalue weighted by molar-refractivity contribution is 5.96. The van der Waals surface area contributed by atoms with Gasteiger partial charge in [0.2, 0.25) is 23.6 Å². The molecule has 0 bridgehead atoms. The topological polar surface area (TPSA) is 121 Å². The van der Waals surface area contributed by atoms with E-state index < -0.39 is 17.6 Å². The van der Waals surface area contributed by atoms with Gasteiger partial charge in [-0.1, -0.05) is 69.0 Å². The van der Waals surface area contributed by atoms with Crippen molar-refractivity contribution in [2.45, 2.75) is 89.8 Å². The van der Waals surface area contributed by atoms with Crippen LogP contribution in [0.3, 0.4) is 0 Å². The lowest BCUT2D eigenvalue weighted by atomic mass is 9.92. The van der Waals surface area contributed by atoms with Crippen LogP contribution in [0.5, 0.6) is 5.88 Å². The standard InChI is InChI=1S/C32H45N5O4/c1-4-23(3)27-29(39)37-32(14-5-6-15-32)31(40)36-26(21-24-11-7-10-22(2)20-24)28(38)34-16-8-12-25-13-9-17-35-30(25)41-19-18-33-27/h7,9-11,13,17,20,23,26-27,33H,4-6,8,12,14-16,18-19,21H2,1-3H3,(H,34,38)(H,36,40)(H,37,39)/t23?,26-,27-/m0/s1. The first-order valence-corrected chi connectivity index (χ1v) is 15.1. The van der Waals surface area contributed by atoms with Crippen molar-refractivity contribution in [3.05, 3.63) is 59.3 Å². The van der Waals surface area contributed by atoms with E-state index >= 15 is 0 Å². The summed E-state index contributed by atoms with van der Waals surface area (Å²) in [7, 11) is 0. The molecule has 41 heavy (non-hydrogen) atoms. The molecule has 2 aromatic rings. The van der Waals surface area contributed by atoms with Crippen LogP contribution in [0.4, 0.5) is 0 Å². The number of nitrogens with zero attached hydrogens (tertiary/aromatic N) is 1. The van der Waals surface area contributed by atoms with Gasteiger partial charge in [0.15, 0.2) is 0 Å².